The lowest BCUT2D eigenvalue weighted by Gasteiger charge is -2.22. The maximum absolute atomic E-state index is 12.6. The zero-order valence-electron chi connectivity index (χ0n) is 17.3. The van der Waals surface area contributed by atoms with Gasteiger partial charge in [0.05, 0.1) is 25.3 Å². The highest BCUT2D eigenvalue weighted by molar-refractivity contribution is 6.31. The van der Waals surface area contributed by atoms with Crippen molar-refractivity contribution in [2.45, 2.75) is 26.2 Å². The van der Waals surface area contributed by atoms with Crippen LogP contribution in [0.5, 0.6) is 0 Å². The van der Waals surface area contributed by atoms with E-state index in [4.69, 9.17) is 21.6 Å². The Morgan fingerprint density at radius 1 is 1.16 bits per heavy atom. The molecule has 31 heavy (non-hydrogen) atoms. The first kappa shape index (κ1) is 23.9. The number of ether oxygens (including phenoxy) is 1. The maximum Gasteiger partial charge on any atom is 0.308 e. The number of rotatable bonds is 10. The van der Waals surface area contributed by atoms with E-state index in [1.807, 2.05) is 43.3 Å². The first-order valence-corrected chi connectivity index (χ1v) is 10.2. The smallest absolute Gasteiger partial charge is 0.308 e. The lowest BCUT2D eigenvalue weighted by Crippen LogP contribution is -2.36. The monoisotopic (exact) mass is 441 g/mol. The van der Waals surface area contributed by atoms with Crippen LogP contribution in [0.1, 0.15) is 24.0 Å². The quantitative estimate of drug-likeness (QED) is 0.571. The van der Waals surface area contributed by atoms with E-state index in [2.05, 4.69) is 5.32 Å². The molecule has 0 saturated heterocycles. The Morgan fingerprint density at radius 3 is 2.58 bits per heavy atom. The third kappa shape index (κ3) is 8.11. The highest BCUT2D eigenvalue weighted by Gasteiger charge is 2.18. The molecule has 0 aliphatic heterocycles. The van der Waals surface area contributed by atoms with Crippen LogP contribution in [0.15, 0.2) is 48.5 Å². The van der Waals surface area contributed by atoms with E-state index in [-0.39, 0.29) is 38.3 Å². The molecule has 0 aliphatic carbocycles. The van der Waals surface area contributed by atoms with E-state index in [0.29, 0.717) is 10.7 Å². The van der Waals surface area contributed by atoms with Crippen molar-refractivity contribution < 1.29 is 19.1 Å². The van der Waals surface area contributed by atoms with Crippen molar-refractivity contribution in [1.29, 1.82) is 5.26 Å². The summed E-state index contributed by atoms with van der Waals surface area (Å²) in [4.78, 5) is 37.8. The van der Waals surface area contributed by atoms with Gasteiger partial charge in [0.25, 0.3) is 5.91 Å². The Labute approximate surface area is 186 Å². The van der Waals surface area contributed by atoms with Gasteiger partial charge >= 0.3 is 5.97 Å². The number of benzene rings is 2. The number of hydrogen-bond donors (Lipinski definition) is 1. The minimum Gasteiger partial charge on any atom is -0.455 e. The number of halogens is 1. The summed E-state index contributed by atoms with van der Waals surface area (Å²) in [6.07, 6.45) is 0.309. The minimum atomic E-state index is -0.596. The molecule has 0 saturated carbocycles. The Hall–Kier alpha value is -3.37. The number of aryl methyl sites for hydroxylation is 1. The summed E-state index contributed by atoms with van der Waals surface area (Å²) in [5, 5.41) is 12.1. The van der Waals surface area contributed by atoms with E-state index in [1.165, 1.54) is 4.90 Å². The Bertz CT molecular complexity index is 957. The number of anilines is 1. The zero-order valence-corrected chi connectivity index (χ0v) is 18.0. The number of esters is 1. The molecule has 0 spiro atoms. The van der Waals surface area contributed by atoms with Gasteiger partial charge in [-0.2, -0.15) is 5.26 Å². The Morgan fingerprint density at radius 2 is 1.90 bits per heavy atom. The molecule has 0 unspecified atom stereocenters. The van der Waals surface area contributed by atoms with Gasteiger partial charge in [0, 0.05) is 23.8 Å². The molecular formula is C23H24ClN3O4. The summed E-state index contributed by atoms with van der Waals surface area (Å²) in [6.45, 7) is 1.64. The van der Waals surface area contributed by atoms with Gasteiger partial charge in [0.1, 0.15) is 0 Å². The van der Waals surface area contributed by atoms with Crippen LogP contribution in [0, 0.1) is 18.3 Å². The van der Waals surface area contributed by atoms with Crippen molar-refractivity contribution in [3.05, 3.63) is 64.7 Å². The van der Waals surface area contributed by atoms with E-state index in [0.717, 1.165) is 11.1 Å². The van der Waals surface area contributed by atoms with Gasteiger partial charge in [0.15, 0.2) is 6.61 Å². The fourth-order valence-electron chi connectivity index (χ4n) is 2.80. The highest BCUT2D eigenvalue weighted by atomic mass is 35.5. The molecule has 2 rings (SSSR count). The normalized spacial score (nSPS) is 10.1. The average Bonchev–Trinajstić information content (AvgIpc) is 2.75. The average molecular weight is 442 g/mol. The first-order chi connectivity index (χ1) is 14.9. The maximum atomic E-state index is 12.6. The standard InChI is InChI=1S/C23H24ClN3O4/c1-17-14-19(8-9-20(17)24)27(13-5-11-25)22(29)16-31-23(30)10-12-26-21(28)15-18-6-3-2-4-7-18/h2-4,6-9,14H,5,10,12-13,15-16H2,1H3,(H,26,28). The number of amides is 2. The van der Waals surface area contributed by atoms with Crippen molar-refractivity contribution in [3.63, 3.8) is 0 Å². The summed E-state index contributed by atoms with van der Waals surface area (Å²) in [7, 11) is 0. The second kappa shape index (κ2) is 12.4. The molecule has 0 aromatic heterocycles. The van der Waals surface area contributed by atoms with Gasteiger partial charge in [-0.3, -0.25) is 14.4 Å². The van der Waals surface area contributed by atoms with Crippen molar-refractivity contribution in [1.82, 2.24) is 5.32 Å². The van der Waals surface area contributed by atoms with E-state index in [1.54, 1.807) is 18.2 Å². The number of carbonyl (C=O) groups excluding carboxylic acids is 3. The third-order valence-corrected chi connectivity index (χ3v) is 4.84. The second-order valence-electron chi connectivity index (χ2n) is 6.81. The van der Waals surface area contributed by atoms with Gasteiger partial charge in [-0.1, -0.05) is 41.9 Å². The molecule has 7 nitrogen and oxygen atoms in total. The number of nitrogens with one attached hydrogen (secondary N) is 1. The fraction of sp³-hybridized carbons (Fsp3) is 0.304. The molecule has 0 aliphatic rings. The number of nitrogens with zero attached hydrogens (tertiary/aromatic N) is 2. The number of hydrogen-bond acceptors (Lipinski definition) is 5. The molecule has 0 radical (unpaired) electrons. The van der Waals surface area contributed by atoms with Crippen molar-refractivity contribution >= 4 is 35.1 Å². The van der Waals surface area contributed by atoms with E-state index in [9.17, 15) is 14.4 Å². The van der Waals surface area contributed by atoms with Gasteiger partial charge in [-0.25, -0.2) is 0 Å². The van der Waals surface area contributed by atoms with Crippen LogP contribution in [0.2, 0.25) is 5.02 Å². The van der Waals surface area contributed by atoms with Crippen molar-refractivity contribution in [2.75, 3.05) is 24.6 Å². The summed E-state index contributed by atoms with van der Waals surface area (Å²) in [6, 6.07) is 16.3. The van der Waals surface area contributed by atoms with Gasteiger partial charge in [-0.05, 0) is 36.2 Å². The summed E-state index contributed by atoms with van der Waals surface area (Å²) in [5.74, 6) is -1.24. The molecule has 162 valence electrons. The fourth-order valence-corrected chi connectivity index (χ4v) is 2.91. The van der Waals surface area contributed by atoms with Crippen LogP contribution >= 0.6 is 11.6 Å². The van der Waals surface area contributed by atoms with Gasteiger partial charge in [0.2, 0.25) is 5.91 Å². The molecule has 8 heteroatoms. The lowest BCUT2D eigenvalue weighted by molar-refractivity contribution is -0.147. The summed E-state index contributed by atoms with van der Waals surface area (Å²) < 4.78 is 5.05. The number of nitriles is 1. The predicted octanol–water partition coefficient (Wildman–Crippen LogP) is 3.19. The van der Waals surface area contributed by atoms with Gasteiger partial charge < -0.3 is 15.0 Å². The lowest BCUT2D eigenvalue weighted by atomic mass is 10.1. The zero-order chi connectivity index (χ0) is 22.6. The molecule has 0 atom stereocenters. The van der Waals surface area contributed by atoms with Crippen molar-refractivity contribution in [3.8, 4) is 6.07 Å². The molecular weight excluding hydrogens is 418 g/mol. The van der Waals surface area contributed by atoms with Crippen LogP contribution in [-0.4, -0.2) is 37.5 Å². The largest absolute Gasteiger partial charge is 0.455 e. The molecule has 1 N–H and O–H groups in total. The SMILES string of the molecule is Cc1cc(N(CCC#N)C(=O)COC(=O)CCNC(=O)Cc2ccccc2)ccc1Cl. The highest BCUT2D eigenvalue weighted by Crippen LogP contribution is 2.23. The summed E-state index contributed by atoms with van der Waals surface area (Å²) in [5.41, 5.74) is 2.24. The van der Waals surface area contributed by atoms with Crippen LogP contribution in [0.3, 0.4) is 0 Å². The molecule has 2 aromatic carbocycles. The Kier molecular flexibility index (Phi) is 9.53. The Balaban J connectivity index is 1.80. The predicted molar refractivity (Wildman–Crippen MR) is 118 cm³/mol. The van der Waals surface area contributed by atoms with E-state index < -0.39 is 18.5 Å². The molecule has 2 aromatic rings. The molecule has 0 bridgehead atoms. The number of carbonyl (C=O) groups is 3. The van der Waals surface area contributed by atoms with Crippen molar-refractivity contribution in [2.24, 2.45) is 0 Å². The van der Waals surface area contributed by atoms with Crippen LogP contribution in [-0.2, 0) is 25.5 Å². The molecule has 2 amide bonds. The molecule has 0 heterocycles. The van der Waals surface area contributed by atoms with Crippen LogP contribution in [0.25, 0.3) is 0 Å². The first-order valence-electron chi connectivity index (χ1n) is 9.80. The van der Waals surface area contributed by atoms with Crippen LogP contribution < -0.4 is 10.2 Å². The summed E-state index contributed by atoms with van der Waals surface area (Å²) >= 11 is 6.03. The third-order valence-electron chi connectivity index (χ3n) is 4.42. The van der Waals surface area contributed by atoms with Gasteiger partial charge in [-0.15, -0.1) is 0 Å². The molecule has 0 fully saturated rings. The second-order valence-corrected chi connectivity index (χ2v) is 7.22. The topological polar surface area (TPSA) is 99.5 Å². The van der Waals surface area contributed by atoms with Crippen LogP contribution in [0.4, 0.5) is 5.69 Å². The minimum absolute atomic E-state index is 0.0495. The van der Waals surface area contributed by atoms with E-state index >= 15 is 0 Å².